The summed E-state index contributed by atoms with van der Waals surface area (Å²) >= 11 is 4.75. The second-order valence-electron chi connectivity index (χ2n) is 8.67. The summed E-state index contributed by atoms with van der Waals surface area (Å²) in [5.74, 6) is 0. The van der Waals surface area contributed by atoms with E-state index in [1.807, 2.05) is 19.6 Å². The topological polar surface area (TPSA) is 20.2 Å². The van der Waals surface area contributed by atoms with E-state index < -0.39 is 16.4 Å². The molecular weight excluding hydrogens is 320 g/mol. The fourth-order valence-electron chi connectivity index (χ4n) is 2.08. The summed E-state index contributed by atoms with van der Waals surface area (Å²) < 4.78 is 0. The van der Waals surface area contributed by atoms with Gasteiger partial charge in [0.1, 0.15) is 0 Å². The van der Waals surface area contributed by atoms with Crippen molar-refractivity contribution in [2.45, 2.75) is 115 Å². The average Bonchev–Trinajstić information content (AvgIpc) is 2.33. The first-order chi connectivity index (χ1) is 9.98. The minimum atomic E-state index is -1.61. The Bertz CT molecular complexity index is 228. The highest BCUT2D eigenvalue weighted by Gasteiger charge is 2.22. The number of hydrogen-bond donors (Lipinski definition) is 2. The van der Waals surface area contributed by atoms with E-state index in [1.165, 1.54) is 64.2 Å². The quantitative estimate of drug-likeness (QED) is 0.232. The van der Waals surface area contributed by atoms with Crippen LogP contribution in [-0.4, -0.2) is 26.1 Å². The second-order valence-corrected chi connectivity index (χ2v) is 19.5. The van der Waals surface area contributed by atoms with Crippen LogP contribution in [0.3, 0.4) is 0 Å². The van der Waals surface area contributed by atoms with Crippen LogP contribution in [0.2, 0.25) is 39.3 Å². The molecule has 1 nitrogen and oxygen atoms in total. The van der Waals surface area contributed by atoms with Crippen molar-refractivity contribution in [2.75, 3.05) is 0 Å². The van der Waals surface area contributed by atoms with Gasteiger partial charge in [-0.15, -0.1) is 0 Å². The second kappa shape index (κ2) is 14.1. The normalized spacial score (nSPS) is 13.5. The highest BCUT2D eigenvalue weighted by atomic mass is 32.1. The molecule has 0 heterocycles. The molecular formula is C18H44OSSi2. The van der Waals surface area contributed by atoms with Gasteiger partial charge in [-0.05, 0) is 30.9 Å². The SMILES string of the molecule is CCCCCCCCCCCC(S)[Si](C)(C)C.C[Si](C)(C)O. The van der Waals surface area contributed by atoms with Crippen LogP contribution in [0.4, 0.5) is 0 Å². The summed E-state index contributed by atoms with van der Waals surface area (Å²) in [6, 6.07) is 0. The summed E-state index contributed by atoms with van der Waals surface area (Å²) in [6.07, 6.45) is 14.2. The molecule has 0 saturated heterocycles. The molecule has 0 aliphatic rings. The molecule has 0 fully saturated rings. The molecule has 1 unspecified atom stereocenters. The van der Waals surface area contributed by atoms with Gasteiger partial charge in [-0.1, -0.05) is 84.4 Å². The lowest BCUT2D eigenvalue weighted by molar-refractivity contribution is 0.560. The molecule has 136 valence electrons. The minimum Gasteiger partial charge on any atom is -0.433 e. The smallest absolute Gasteiger partial charge is 0.179 e. The highest BCUT2D eigenvalue weighted by molar-refractivity contribution is 7.83. The number of hydrogen-bond acceptors (Lipinski definition) is 2. The average molecular weight is 365 g/mol. The lowest BCUT2D eigenvalue weighted by atomic mass is 10.1. The lowest BCUT2D eigenvalue weighted by Gasteiger charge is -2.24. The van der Waals surface area contributed by atoms with Crippen molar-refractivity contribution < 1.29 is 4.80 Å². The van der Waals surface area contributed by atoms with Crippen molar-refractivity contribution in [1.29, 1.82) is 0 Å². The summed E-state index contributed by atoms with van der Waals surface area (Å²) in [7, 11) is -2.60. The van der Waals surface area contributed by atoms with Gasteiger partial charge >= 0.3 is 0 Å². The number of thiol groups is 1. The first kappa shape index (κ1) is 25.0. The molecule has 0 aromatic rings. The van der Waals surface area contributed by atoms with E-state index in [1.54, 1.807) is 0 Å². The van der Waals surface area contributed by atoms with Gasteiger partial charge in [0, 0.05) is 0 Å². The Hall–Kier alpha value is 0.744. The van der Waals surface area contributed by atoms with Crippen LogP contribution >= 0.6 is 12.6 Å². The molecule has 4 heteroatoms. The molecule has 0 radical (unpaired) electrons. The molecule has 0 rings (SSSR count). The zero-order chi connectivity index (χ0) is 17.6. The predicted molar refractivity (Wildman–Crippen MR) is 114 cm³/mol. The number of rotatable bonds is 11. The van der Waals surface area contributed by atoms with Crippen molar-refractivity contribution in [3.05, 3.63) is 0 Å². The monoisotopic (exact) mass is 364 g/mol. The Labute approximate surface area is 149 Å². The largest absolute Gasteiger partial charge is 0.433 e. The van der Waals surface area contributed by atoms with E-state index in [0.29, 0.717) is 4.87 Å². The predicted octanol–water partition coefficient (Wildman–Crippen LogP) is 6.90. The highest BCUT2D eigenvalue weighted by Crippen LogP contribution is 2.20. The van der Waals surface area contributed by atoms with Crippen LogP contribution < -0.4 is 0 Å². The first-order valence-corrected chi connectivity index (χ1v) is 16.9. The van der Waals surface area contributed by atoms with E-state index >= 15 is 0 Å². The van der Waals surface area contributed by atoms with Crippen LogP contribution in [0.25, 0.3) is 0 Å². The molecule has 0 aliphatic heterocycles. The first-order valence-electron chi connectivity index (χ1n) is 9.39. The summed E-state index contributed by atoms with van der Waals surface area (Å²) in [5.41, 5.74) is 0. The standard InChI is InChI=1S/C15H34SSi.C3H10OSi/c1-5-6-7-8-9-10-11-12-13-14-15(16)17(2,3)4;1-5(2,3)4/h15-16H,5-14H2,1-4H3;4H,1-3H3. The Morgan fingerprint density at radius 1 is 0.727 bits per heavy atom. The van der Waals surface area contributed by atoms with E-state index in [4.69, 9.17) is 17.4 Å². The van der Waals surface area contributed by atoms with E-state index in [-0.39, 0.29) is 0 Å². The fraction of sp³-hybridized carbons (Fsp3) is 1.00. The molecule has 1 atom stereocenters. The summed E-state index contributed by atoms with van der Waals surface area (Å²) in [6.45, 7) is 15.2. The van der Waals surface area contributed by atoms with Crippen molar-refractivity contribution in [3.8, 4) is 0 Å². The van der Waals surface area contributed by atoms with E-state index in [0.717, 1.165) is 0 Å². The molecule has 0 aromatic carbocycles. The van der Waals surface area contributed by atoms with Crippen molar-refractivity contribution in [3.63, 3.8) is 0 Å². The third-order valence-corrected chi connectivity index (χ3v) is 8.45. The van der Waals surface area contributed by atoms with Crippen molar-refractivity contribution in [1.82, 2.24) is 0 Å². The van der Waals surface area contributed by atoms with Crippen molar-refractivity contribution >= 4 is 29.0 Å². The van der Waals surface area contributed by atoms with Crippen LogP contribution in [-0.2, 0) is 0 Å². The molecule has 0 bridgehead atoms. The zero-order valence-corrected chi connectivity index (χ0v) is 19.4. The summed E-state index contributed by atoms with van der Waals surface area (Å²) in [5, 5.41) is 0. The Balaban J connectivity index is 0. The van der Waals surface area contributed by atoms with Gasteiger partial charge in [-0.3, -0.25) is 0 Å². The maximum atomic E-state index is 8.66. The Morgan fingerprint density at radius 3 is 1.36 bits per heavy atom. The number of unbranched alkanes of at least 4 members (excludes halogenated alkanes) is 8. The molecule has 0 spiro atoms. The Morgan fingerprint density at radius 2 is 1.05 bits per heavy atom. The van der Waals surface area contributed by atoms with E-state index in [2.05, 4.69) is 26.6 Å². The Kier molecular flexibility index (Phi) is 16.0. The van der Waals surface area contributed by atoms with Gasteiger partial charge < -0.3 is 4.80 Å². The lowest BCUT2D eigenvalue weighted by Crippen LogP contribution is -2.33. The molecule has 0 amide bonds. The molecule has 0 aromatic heterocycles. The maximum absolute atomic E-state index is 8.66. The van der Waals surface area contributed by atoms with Crippen LogP contribution in [0.15, 0.2) is 0 Å². The van der Waals surface area contributed by atoms with Gasteiger partial charge in [0.15, 0.2) is 8.32 Å². The molecule has 22 heavy (non-hydrogen) atoms. The van der Waals surface area contributed by atoms with Crippen LogP contribution in [0.1, 0.15) is 71.1 Å². The van der Waals surface area contributed by atoms with Crippen molar-refractivity contribution in [2.24, 2.45) is 0 Å². The van der Waals surface area contributed by atoms with Gasteiger partial charge in [-0.2, -0.15) is 12.6 Å². The van der Waals surface area contributed by atoms with E-state index in [9.17, 15) is 0 Å². The van der Waals surface area contributed by atoms with Gasteiger partial charge in [0.25, 0.3) is 0 Å². The molecule has 1 N–H and O–H groups in total. The maximum Gasteiger partial charge on any atom is 0.179 e. The van der Waals surface area contributed by atoms with Crippen LogP contribution in [0, 0.1) is 0 Å². The summed E-state index contributed by atoms with van der Waals surface area (Å²) in [4.78, 5) is 9.36. The van der Waals surface area contributed by atoms with Gasteiger partial charge in [0.05, 0.1) is 8.07 Å². The fourth-order valence-corrected chi connectivity index (χ4v) is 3.33. The third kappa shape index (κ3) is 25.7. The molecule has 0 saturated carbocycles. The van der Waals surface area contributed by atoms with Crippen LogP contribution in [0.5, 0.6) is 0 Å². The third-order valence-electron chi connectivity index (χ3n) is 3.58. The zero-order valence-electron chi connectivity index (χ0n) is 16.5. The van der Waals surface area contributed by atoms with Gasteiger partial charge in [-0.25, -0.2) is 0 Å². The van der Waals surface area contributed by atoms with Gasteiger partial charge in [0.2, 0.25) is 0 Å². The minimum absolute atomic E-state index is 0.701. The molecule has 0 aliphatic carbocycles.